The fraction of sp³-hybridized carbons (Fsp3) is 0.455. The SMILES string of the molecule is O=[N+]([O-])c1ccc(CN[C@@H]2CS(=O)(=O)C[C@H]2O)cc1. The van der Waals surface area contributed by atoms with Gasteiger partial charge in [-0.1, -0.05) is 12.1 Å². The summed E-state index contributed by atoms with van der Waals surface area (Å²) in [6, 6.07) is 5.49. The number of nitro benzene ring substituents is 1. The zero-order valence-electron chi connectivity index (χ0n) is 10.0. The van der Waals surface area contributed by atoms with Gasteiger partial charge in [-0.25, -0.2) is 8.42 Å². The van der Waals surface area contributed by atoms with Crippen LogP contribution < -0.4 is 5.32 Å². The fourth-order valence-corrected chi connectivity index (χ4v) is 3.78. The summed E-state index contributed by atoms with van der Waals surface area (Å²) in [5.41, 5.74) is 0.800. The minimum atomic E-state index is -3.17. The number of benzene rings is 1. The summed E-state index contributed by atoms with van der Waals surface area (Å²) in [6.45, 7) is 0.356. The van der Waals surface area contributed by atoms with Crippen molar-refractivity contribution < 1.29 is 18.4 Å². The Balaban J connectivity index is 1.94. The predicted molar refractivity (Wildman–Crippen MR) is 68.4 cm³/mol. The maximum atomic E-state index is 11.3. The summed E-state index contributed by atoms with van der Waals surface area (Å²) in [7, 11) is -3.17. The molecular weight excluding hydrogens is 272 g/mol. The second-order valence-electron chi connectivity index (χ2n) is 4.56. The Morgan fingerprint density at radius 3 is 2.42 bits per heavy atom. The average molecular weight is 286 g/mol. The molecule has 1 heterocycles. The average Bonchev–Trinajstić information content (AvgIpc) is 2.60. The molecule has 0 spiro atoms. The van der Waals surface area contributed by atoms with E-state index in [1.54, 1.807) is 12.1 Å². The highest BCUT2D eigenvalue weighted by Gasteiger charge is 2.35. The molecule has 1 fully saturated rings. The van der Waals surface area contributed by atoms with Gasteiger partial charge in [0.25, 0.3) is 5.69 Å². The summed E-state index contributed by atoms with van der Waals surface area (Å²) in [4.78, 5) is 10.0. The maximum absolute atomic E-state index is 11.3. The number of aliphatic hydroxyl groups excluding tert-OH is 1. The summed E-state index contributed by atoms with van der Waals surface area (Å²) >= 11 is 0. The fourth-order valence-electron chi connectivity index (χ4n) is 2.01. The quantitative estimate of drug-likeness (QED) is 0.588. The van der Waals surface area contributed by atoms with Gasteiger partial charge in [0.05, 0.1) is 22.5 Å². The monoisotopic (exact) mass is 286 g/mol. The number of hydrogen-bond acceptors (Lipinski definition) is 6. The second-order valence-corrected chi connectivity index (χ2v) is 6.71. The number of nitrogens with zero attached hydrogens (tertiary/aromatic N) is 1. The molecule has 104 valence electrons. The molecule has 0 saturated carbocycles. The van der Waals surface area contributed by atoms with Gasteiger partial charge in [-0.3, -0.25) is 10.1 Å². The lowest BCUT2D eigenvalue weighted by Crippen LogP contribution is -2.38. The third-order valence-electron chi connectivity index (χ3n) is 3.04. The van der Waals surface area contributed by atoms with E-state index in [9.17, 15) is 23.6 Å². The molecule has 7 nitrogen and oxygen atoms in total. The van der Waals surface area contributed by atoms with Crippen LogP contribution in [-0.4, -0.2) is 42.1 Å². The van der Waals surface area contributed by atoms with E-state index in [4.69, 9.17) is 0 Å². The largest absolute Gasteiger partial charge is 0.390 e. The lowest BCUT2D eigenvalue weighted by Gasteiger charge is -2.14. The predicted octanol–water partition coefficient (Wildman–Crippen LogP) is -0.158. The highest BCUT2D eigenvalue weighted by molar-refractivity contribution is 7.91. The molecule has 2 atom stereocenters. The van der Waals surface area contributed by atoms with Crippen LogP contribution in [0.2, 0.25) is 0 Å². The van der Waals surface area contributed by atoms with Crippen LogP contribution in [0.5, 0.6) is 0 Å². The first kappa shape index (κ1) is 13.9. The van der Waals surface area contributed by atoms with Crippen molar-refractivity contribution in [3.8, 4) is 0 Å². The molecule has 0 aromatic heterocycles. The van der Waals surface area contributed by atoms with E-state index in [-0.39, 0.29) is 17.2 Å². The molecule has 8 heteroatoms. The zero-order chi connectivity index (χ0) is 14.0. The van der Waals surface area contributed by atoms with Gasteiger partial charge in [-0.2, -0.15) is 0 Å². The Kier molecular flexibility index (Phi) is 3.83. The van der Waals surface area contributed by atoms with Gasteiger partial charge in [0.15, 0.2) is 9.84 Å². The van der Waals surface area contributed by atoms with Crippen molar-refractivity contribution >= 4 is 15.5 Å². The lowest BCUT2D eigenvalue weighted by molar-refractivity contribution is -0.384. The standard InChI is InChI=1S/C11H14N2O5S/c14-11-7-19(17,18)6-10(11)12-5-8-1-3-9(4-2-8)13(15)16/h1-4,10-12,14H,5-7H2/t10-,11-/m1/s1. The van der Waals surface area contributed by atoms with Crippen LogP contribution in [0, 0.1) is 10.1 Å². The number of non-ortho nitro benzene ring substituents is 1. The molecule has 19 heavy (non-hydrogen) atoms. The number of rotatable bonds is 4. The first-order chi connectivity index (χ1) is 8.87. The Bertz CT molecular complexity index is 569. The molecule has 1 aliphatic rings. The van der Waals surface area contributed by atoms with Crippen LogP contribution in [0.15, 0.2) is 24.3 Å². The number of hydrogen-bond donors (Lipinski definition) is 2. The van der Waals surface area contributed by atoms with Crippen LogP contribution in [0.4, 0.5) is 5.69 Å². The van der Waals surface area contributed by atoms with Gasteiger partial charge < -0.3 is 10.4 Å². The number of nitrogens with one attached hydrogen (secondary N) is 1. The minimum Gasteiger partial charge on any atom is -0.390 e. The third kappa shape index (κ3) is 3.49. The van der Waals surface area contributed by atoms with E-state index in [0.717, 1.165) is 5.56 Å². The van der Waals surface area contributed by atoms with Gasteiger partial charge in [-0.15, -0.1) is 0 Å². The summed E-state index contributed by atoms with van der Waals surface area (Å²) in [5, 5.41) is 23.0. The molecule has 1 aromatic rings. The molecule has 0 unspecified atom stereocenters. The molecule has 0 aliphatic carbocycles. The summed E-state index contributed by atoms with van der Waals surface area (Å²) in [6.07, 6.45) is -0.900. The number of sulfone groups is 1. The third-order valence-corrected chi connectivity index (χ3v) is 4.75. The Hall–Kier alpha value is -1.51. The number of nitro groups is 1. The first-order valence-electron chi connectivity index (χ1n) is 5.72. The topological polar surface area (TPSA) is 110 Å². The molecule has 0 radical (unpaired) electrons. The van der Waals surface area contributed by atoms with Gasteiger partial charge in [0.1, 0.15) is 0 Å². The van der Waals surface area contributed by atoms with Crippen molar-refractivity contribution in [2.75, 3.05) is 11.5 Å². The first-order valence-corrected chi connectivity index (χ1v) is 7.55. The van der Waals surface area contributed by atoms with Crippen LogP contribution in [-0.2, 0) is 16.4 Å². The molecule has 2 N–H and O–H groups in total. The van der Waals surface area contributed by atoms with Crippen molar-refractivity contribution in [2.24, 2.45) is 0 Å². The summed E-state index contributed by atoms with van der Waals surface area (Å²) < 4.78 is 22.6. The van der Waals surface area contributed by atoms with Crippen molar-refractivity contribution in [1.29, 1.82) is 0 Å². The Labute approximate surface area is 110 Å². The Morgan fingerprint density at radius 1 is 1.32 bits per heavy atom. The van der Waals surface area contributed by atoms with E-state index < -0.39 is 26.9 Å². The van der Waals surface area contributed by atoms with Gasteiger partial charge in [-0.05, 0) is 5.56 Å². The summed E-state index contributed by atoms with van der Waals surface area (Å²) in [5.74, 6) is -0.300. The number of aliphatic hydroxyl groups is 1. The van der Waals surface area contributed by atoms with Gasteiger partial charge >= 0.3 is 0 Å². The van der Waals surface area contributed by atoms with Crippen molar-refractivity contribution in [3.63, 3.8) is 0 Å². The van der Waals surface area contributed by atoms with Gasteiger partial charge in [0.2, 0.25) is 0 Å². The normalized spacial score (nSPS) is 25.3. The Morgan fingerprint density at radius 2 is 1.95 bits per heavy atom. The van der Waals surface area contributed by atoms with Crippen LogP contribution >= 0.6 is 0 Å². The minimum absolute atomic E-state index is 0.00669. The van der Waals surface area contributed by atoms with Crippen LogP contribution in [0.3, 0.4) is 0 Å². The zero-order valence-corrected chi connectivity index (χ0v) is 10.8. The van der Waals surface area contributed by atoms with Crippen molar-refractivity contribution in [2.45, 2.75) is 18.7 Å². The van der Waals surface area contributed by atoms with E-state index >= 15 is 0 Å². The van der Waals surface area contributed by atoms with Gasteiger partial charge in [0, 0.05) is 24.7 Å². The van der Waals surface area contributed by atoms with E-state index in [0.29, 0.717) is 6.54 Å². The molecule has 2 rings (SSSR count). The molecule has 1 aliphatic heterocycles. The molecule has 0 amide bonds. The van der Waals surface area contributed by atoms with Crippen molar-refractivity contribution in [3.05, 3.63) is 39.9 Å². The van der Waals surface area contributed by atoms with E-state index in [2.05, 4.69) is 5.32 Å². The smallest absolute Gasteiger partial charge is 0.269 e. The molecule has 1 saturated heterocycles. The highest BCUT2D eigenvalue weighted by Crippen LogP contribution is 2.15. The van der Waals surface area contributed by atoms with Crippen LogP contribution in [0.1, 0.15) is 5.56 Å². The van der Waals surface area contributed by atoms with Crippen molar-refractivity contribution in [1.82, 2.24) is 5.32 Å². The molecular formula is C11H14N2O5S. The lowest BCUT2D eigenvalue weighted by atomic mass is 10.1. The highest BCUT2D eigenvalue weighted by atomic mass is 32.2. The van der Waals surface area contributed by atoms with E-state index in [1.807, 2.05) is 0 Å². The maximum Gasteiger partial charge on any atom is 0.269 e. The van der Waals surface area contributed by atoms with E-state index in [1.165, 1.54) is 12.1 Å². The van der Waals surface area contributed by atoms with Crippen LogP contribution in [0.25, 0.3) is 0 Å². The molecule has 0 bridgehead atoms. The molecule has 1 aromatic carbocycles. The second kappa shape index (κ2) is 5.24.